The molecule has 3 aliphatic heterocycles. The van der Waals surface area contributed by atoms with Gasteiger partial charge in [-0.05, 0) is 134 Å². The van der Waals surface area contributed by atoms with Gasteiger partial charge in [-0.3, -0.25) is 81.5 Å². The number of likely N-dealkylation sites (N-methyl/N-ethyl adjacent to an activating group) is 3. The molecule has 0 saturated carbocycles. The molecule has 3 saturated heterocycles. The number of hydrogen-bond donors (Lipinski definition) is 17. The number of benzene rings is 4. The standard InChI is InChI=1S/C99H136N22O20S/c1-12-15-26-77-91(132)110-70(40-54(4)5)88(129)115-76(86(127)107-50-82(103)124)52-142-53-83(125)108-72(41-57-29-31-61(122)32-30-57)95(135)117(8)56(7)85(126)112-74(46-81(102)123)97(137)120-39-21-28-78(120)92(133)114-75(47-101)90(131)116-84(55(6)14-3)99(139)121-51-63(141-94-66-34-33-62(140-11)42-58(66)36-38-104-94)45-80(121)93(134)111-71(43-59-48-105-67-24-19-17-22-64(59)67)89(130)109-69(35-37-100)87(128)113-73(44-60-49-106-68-25-20-18-23-65(60)68)96(136)119(10)79(27-16-13-2)98(138)118(77)9/h17-20,22-25,29-34,36,38,42,48-49,54-56,63,69-80,84,105-106,122H,12-16,21,26-28,35,37,39-41,43-47,50-53,100-101H2,1-11H3,(H2,102,123)(H2,103,124)(H,107,127)(H,108,125)(H,109,130)(H,110,132)(H,111,134)(H,112,126)(H,113,128)(H,114,133)(H,115,129)(H,116,131)/t55?,56-,63+,69-,70-,71-,72-,73-,74-,75-,76-,77-,78-,79-,80-,84-/m0/s1. The number of amides is 17. The molecule has 3 aliphatic rings. The molecule has 21 N–H and O–H groups in total. The molecule has 17 amide bonds. The number of nitrogens with one attached hydrogen (secondary N) is 12. The molecule has 0 radical (unpaired) electrons. The average Bonchev–Trinajstić information content (AvgIpc) is 1.60. The van der Waals surface area contributed by atoms with Gasteiger partial charge in [-0.15, -0.1) is 11.8 Å². The monoisotopic (exact) mass is 1990 g/mol. The van der Waals surface area contributed by atoms with Gasteiger partial charge in [-0.2, -0.15) is 0 Å². The molecular formula is C99H136N22O20S. The number of aromatic hydroxyl groups is 1. The van der Waals surface area contributed by atoms with Crippen LogP contribution >= 0.6 is 11.8 Å². The Balaban J connectivity index is 1.04. The lowest BCUT2D eigenvalue weighted by Crippen LogP contribution is -2.62. The predicted molar refractivity (Wildman–Crippen MR) is 530 cm³/mol. The Hall–Kier alpha value is -14.0. The molecule has 4 aromatic carbocycles. The highest BCUT2D eigenvalue weighted by Gasteiger charge is 2.48. The number of aromatic nitrogens is 3. The number of phenolic OH excluding ortho intramolecular Hbond substituents is 1. The van der Waals surface area contributed by atoms with Crippen molar-refractivity contribution >= 4 is 145 Å². The van der Waals surface area contributed by atoms with Crippen LogP contribution in [-0.2, 0) is 101 Å². The second-order valence-corrected chi connectivity index (χ2v) is 38.0. The number of hydrogen-bond acceptors (Lipinski definition) is 24. The Morgan fingerprint density at radius 2 is 1.13 bits per heavy atom. The largest absolute Gasteiger partial charge is 0.508 e. The number of para-hydroxylation sites is 2. The Morgan fingerprint density at radius 1 is 0.563 bits per heavy atom. The highest BCUT2D eigenvalue weighted by Crippen LogP contribution is 2.33. The van der Waals surface area contributed by atoms with Crippen molar-refractivity contribution in [1.29, 1.82) is 0 Å². The molecule has 42 nitrogen and oxygen atoms in total. The smallest absolute Gasteiger partial charge is 0.246 e. The summed E-state index contributed by atoms with van der Waals surface area (Å²) in [6, 6.07) is 5.86. The molecule has 6 heterocycles. The van der Waals surface area contributed by atoms with Gasteiger partial charge in [-0.1, -0.05) is 122 Å². The number of fused-ring (bicyclic) bond motifs is 5. The first-order valence-electron chi connectivity index (χ1n) is 48.2. The number of carbonyl (C=O) groups excluding carboxylic acids is 17. The molecule has 43 heteroatoms. The molecule has 3 fully saturated rings. The number of rotatable bonds is 27. The van der Waals surface area contributed by atoms with Crippen molar-refractivity contribution in [3.05, 3.63) is 132 Å². The van der Waals surface area contributed by atoms with Gasteiger partial charge in [0.05, 0.1) is 32.4 Å². The summed E-state index contributed by atoms with van der Waals surface area (Å²) >= 11 is 0.802. The molecule has 0 spiro atoms. The van der Waals surface area contributed by atoms with E-state index in [1.54, 1.807) is 101 Å². The molecule has 142 heavy (non-hydrogen) atoms. The summed E-state index contributed by atoms with van der Waals surface area (Å²) in [5, 5.41) is 40.0. The SMILES string of the molecule is CCCC[C@H]1C(=O)N(C)[C@@H](CCCC)C(=O)N[C@@H](CC(C)C)C(=O)N[C@H](C(=O)NCC(N)=O)CSCC(=O)N[C@@H](Cc2ccc(O)cc2)C(=O)N(C)[C@@H](C)C(=O)N[C@@H](CC(N)=O)C(=O)N2CCC[C@H]2C(=O)N[C@@H](CN)C(=O)N[C@@H](C(C)CC)C(=O)N2C[C@H](Oc3nccc4cc(OC)ccc34)C[C@H]2C(=O)N[C@@H](Cc2c[nH]c3ccccc23)C(=O)N[C@@H](CCN)C(=O)N[C@@H](Cc2c[nH]c3ccccc23)C(=O)N1C. The van der Waals surface area contributed by atoms with E-state index in [2.05, 4.69) is 68.1 Å². The van der Waals surface area contributed by atoms with Crippen LogP contribution in [0.25, 0.3) is 32.6 Å². The molecule has 10 rings (SSSR count). The van der Waals surface area contributed by atoms with E-state index >= 15 is 38.4 Å². The van der Waals surface area contributed by atoms with E-state index in [1.807, 2.05) is 26.0 Å². The van der Waals surface area contributed by atoms with Crippen LogP contribution in [0, 0.1) is 11.8 Å². The van der Waals surface area contributed by atoms with Crippen molar-refractivity contribution < 1.29 is 96.1 Å². The molecular weight excluding hydrogens is 1850 g/mol. The van der Waals surface area contributed by atoms with Crippen LogP contribution in [0.1, 0.15) is 149 Å². The van der Waals surface area contributed by atoms with Crippen LogP contribution in [-0.4, -0.2) is 308 Å². The zero-order valence-corrected chi connectivity index (χ0v) is 83.0. The fraction of sp³-hybridized carbons (Fsp3) is 0.515. The van der Waals surface area contributed by atoms with Crippen molar-refractivity contribution in [2.24, 2.45) is 34.8 Å². The van der Waals surface area contributed by atoms with Crippen molar-refractivity contribution in [3.8, 4) is 17.4 Å². The van der Waals surface area contributed by atoms with E-state index in [-0.39, 0.29) is 108 Å². The predicted octanol–water partition coefficient (Wildman–Crippen LogP) is 0.847. The maximum Gasteiger partial charge on any atom is 0.246 e. The van der Waals surface area contributed by atoms with Crippen molar-refractivity contribution in [2.75, 3.05) is 72.5 Å². The van der Waals surface area contributed by atoms with Crippen molar-refractivity contribution in [1.82, 2.24) is 92.6 Å². The molecule has 1 unspecified atom stereocenters. The van der Waals surface area contributed by atoms with Gasteiger partial charge in [0.25, 0.3) is 0 Å². The van der Waals surface area contributed by atoms with E-state index in [0.29, 0.717) is 80.7 Å². The number of nitrogens with two attached hydrogens (primary N) is 4. The van der Waals surface area contributed by atoms with Gasteiger partial charge >= 0.3 is 0 Å². The van der Waals surface area contributed by atoms with Gasteiger partial charge < -0.3 is 125 Å². The number of carbonyl (C=O) groups is 17. The number of primary amides is 2. The Kier molecular flexibility index (Phi) is 40.3. The van der Waals surface area contributed by atoms with Gasteiger partial charge in [-0.25, -0.2) is 4.98 Å². The Morgan fingerprint density at radius 3 is 1.75 bits per heavy atom. The van der Waals surface area contributed by atoms with E-state index in [9.17, 15) is 48.3 Å². The van der Waals surface area contributed by atoms with Crippen LogP contribution in [0.4, 0.5) is 0 Å². The average molecular weight is 1990 g/mol. The summed E-state index contributed by atoms with van der Waals surface area (Å²) < 4.78 is 12.2. The van der Waals surface area contributed by atoms with Gasteiger partial charge in [0.1, 0.15) is 102 Å². The number of thioether (sulfide) groups is 1. The van der Waals surface area contributed by atoms with Crippen LogP contribution in [0.3, 0.4) is 0 Å². The molecule has 768 valence electrons. The summed E-state index contributed by atoms with van der Waals surface area (Å²) in [7, 11) is 5.54. The highest BCUT2D eigenvalue weighted by molar-refractivity contribution is 8.00. The maximum absolute atomic E-state index is 16.0. The molecule has 7 aromatic rings. The second-order valence-electron chi connectivity index (χ2n) is 36.9. The van der Waals surface area contributed by atoms with E-state index in [4.69, 9.17) is 32.4 Å². The number of unbranched alkanes of at least 4 members (excludes halogenated alkanes) is 2. The maximum atomic E-state index is 16.0. The zero-order chi connectivity index (χ0) is 103. The lowest BCUT2D eigenvalue weighted by atomic mass is 9.96. The third kappa shape index (κ3) is 28.9. The van der Waals surface area contributed by atoms with E-state index in [1.165, 1.54) is 80.3 Å². The first kappa shape index (κ1) is 110. The summed E-state index contributed by atoms with van der Waals surface area (Å²) in [5.41, 5.74) is 26.7. The van der Waals surface area contributed by atoms with Gasteiger partial charge in [0, 0.05) is 111 Å². The first-order chi connectivity index (χ1) is 67.8. The normalized spacial score (nSPS) is 24.4. The van der Waals surface area contributed by atoms with E-state index < -0.39 is 228 Å². The second kappa shape index (κ2) is 52.0. The van der Waals surface area contributed by atoms with Crippen LogP contribution in [0.5, 0.6) is 17.4 Å². The minimum absolute atomic E-state index is 0.0146. The van der Waals surface area contributed by atoms with E-state index in [0.717, 1.165) is 21.6 Å². The zero-order valence-electron chi connectivity index (χ0n) is 82.2. The lowest BCUT2D eigenvalue weighted by molar-refractivity contribution is -0.149. The molecule has 0 aliphatic carbocycles. The number of H-pyrrole nitrogens is 2. The fourth-order valence-electron chi connectivity index (χ4n) is 17.9. The van der Waals surface area contributed by atoms with Crippen molar-refractivity contribution in [2.45, 2.75) is 242 Å². The number of phenols is 1. The fourth-order valence-corrected chi connectivity index (χ4v) is 18.7. The van der Waals surface area contributed by atoms with Gasteiger partial charge in [0.15, 0.2) is 0 Å². The Bertz CT molecular complexity index is 5680. The number of nitrogens with zero attached hydrogens (tertiary/aromatic N) is 6. The molecule has 3 aromatic heterocycles. The number of aromatic amines is 2. The van der Waals surface area contributed by atoms with Crippen LogP contribution < -0.4 is 85.6 Å². The first-order valence-corrected chi connectivity index (χ1v) is 49.4. The topological polar surface area (TPSA) is 614 Å². The Labute approximate surface area is 828 Å². The number of pyridine rings is 1. The molecule has 0 bridgehead atoms. The highest BCUT2D eigenvalue weighted by atomic mass is 32.2. The summed E-state index contributed by atoms with van der Waals surface area (Å²) in [4.78, 5) is 270. The van der Waals surface area contributed by atoms with Crippen LogP contribution in [0.15, 0.2) is 116 Å². The number of ether oxygens (including phenoxy) is 2. The lowest BCUT2D eigenvalue weighted by Gasteiger charge is -2.36. The third-order valence-electron chi connectivity index (χ3n) is 26.2. The van der Waals surface area contributed by atoms with Crippen LogP contribution in [0.2, 0.25) is 0 Å². The molecule has 16 atom stereocenters. The summed E-state index contributed by atoms with van der Waals surface area (Å²) in [5.74, 6) is -16.7. The third-order valence-corrected chi connectivity index (χ3v) is 27.3. The summed E-state index contributed by atoms with van der Waals surface area (Å²) in [6.45, 7) is 10.1. The quantitative estimate of drug-likeness (QED) is 0.0339. The van der Waals surface area contributed by atoms with Gasteiger partial charge in [0.2, 0.25) is 106 Å². The number of methoxy groups -OCH3 is 1. The minimum atomic E-state index is -1.77. The van der Waals surface area contributed by atoms with Crippen molar-refractivity contribution in [3.63, 3.8) is 0 Å². The minimum Gasteiger partial charge on any atom is -0.508 e. The summed E-state index contributed by atoms with van der Waals surface area (Å²) in [6.07, 6.45) is 3.98.